The van der Waals surface area contributed by atoms with Crippen LogP contribution in [-0.2, 0) is 0 Å². The molecule has 0 atom stereocenters. The molecule has 4 aromatic rings. The molecule has 2 nitrogen and oxygen atoms in total. The summed E-state index contributed by atoms with van der Waals surface area (Å²) in [5.41, 5.74) is 2.80. The molecule has 0 radical (unpaired) electrons. The van der Waals surface area contributed by atoms with Gasteiger partial charge in [-0.1, -0.05) is 71.7 Å². The van der Waals surface area contributed by atoms with Gasteiger partial charge in [-0.2, -0.15) is 0 Å². The molecule has 4 rings (SSSR count). The molecule has 122 valence electrons. The van der Waals surface area contributed by atoms with E-state index in [-0.39, 0.29) is 0 Å². The average Bonchev–Trinajstić information content (AvgIpc) is 2.62. The van der Waals surface area contributed by atoms with Crippen LogP contribution >= 0.6 is 23.2 Å². The van der Waals surface area contributed by atoms with Crippen molar-refractivity contribution in [1.29, 1.82) is 0 Å². The average molecular weight is 367 g/mol. The van der Waals surface area contributed by atoms with E-state index in [1.54, 1.807) is 18.2 Å². The fourth-order valence-corrected chi connectivity index (χ4v) is 3.39. The monoisotopic (exact) mass is 366 g/mol. The minimum atomic E-state index is -0.429. The third-order valence-corrected chi connectivity index (χ3v) is 4.64. The van der Waals surface area contributed by atoms with Crippen molar-refractivity contribution in [3.05, 3.63) is 93.3 Å². The highest BCUT2D eigenvalue weighted by Gasteiger charge is 2.19. The predicted octanol–water partition coefficient (Wildman–Crippen LogP) is 6.43. The van der Waals surface area contributed by atoms with E-state index < -0.39 is 5.63 Å². The van der Waals surface area contributed by atoms with Crippen molar-refractivity contribution in [2.75, 3.05) is 0 Å². The van der Waals surface area contributed by atoms with Gasteiger partial charge >= 0.3 is 5.63 Å². The molecule has 0 saturated carbocycles. The number of hydrogen-bond acceptors (Lipinski definition) is 2. The molecular formula is C21H12Cl2O2. The van der Waals surface area contributed by atoms with Crippen molar-refractivity contribution < 1.29 is 4.42 Å². The summed E-state index contributed by atoms with van der Waals surface area (Å²) in [6.07, 6.45) is 0. The van der Waals surface area contributed by atoms with E-state index >= 15 is 0 Å². The van der Waals surface area contributed by atoms with Crippen molar-refractivity contribution in [3.8, 4) is 22.3 Å². The SMILES string of the molecule is O=c1oc2ccc(Cl)cc2c(-c2ccccc2)c1-c1ccccc1Cl. The van der Waals surface area contributed by atoms with Gasteiger partial charge in [0.15, 0.2) is 0 Å². The first-order chi connectivity index (χ1) is 12.1. The second-order valence-corrected chi connectivity index (χ2v) is 6.47. The molecule has 4 heteroatoms. The molecule has 0 saturated heterocycles. The van der Waals surface area contributed by atoms with Crippen molar-refractivity contribution in [2.24, 2.45) is 0 Å². The standard InChI is InChI=1S/C21H12Cl2O2/c22-14-10-11-18-16(12-14)19(13-6-2-1-3-7-13)20(21(24)25-18)15-8-4-5-9-17(15)23/h1-12H. The highest BCUT2D eigenvalue weighted by molar-refractivity contribution is 6.34. The zero-order valence-electron chi connectivity index (χ0n) is 13.0. The molecule has 0 fully saturated rings. The number of hydrogen-bond donors (Lipinski definition) is 0. The molecule has 25 heavy (non-hydrogen) atoms. The van der Waals surface area contributed by atoms with Gasteiger partial charge in [-0.25, -0.2) is 4.79 Å². The van der Waals surface area contributed by atoms with Crippen LogP contribution < -0.4 is 5.63 Å². The van der Waals surface area contributed by atoms with Crippen LogP contribution in [0.2, 0.25) is 10.0 Å². The Morgan fingerprint density at radius 3 is 2.24 bits per heavy atom. The topological polar surface area (TPSA) is 30.2 Å². The zero-order valence-corrected chi connectivity index (χ0v) is 14.5. The Kier molecular flexibility index (Phi) is 4.08. The van der Waals surface area contributed by atoms with E-state index in [9.17, 15) is 4.79 Å². The molecular weight excluding hydrogens is 355 g/mol. The minimum absolute atomic E-state index is 0.429. The summed E-state index contributed by atoms with van der Waals surface area (Å²) in [6, 6.07) is 22.2. The maximum absolute atomic E-state index is 12.8. The molecule has 0 spiro atoms. The summed E-state index contributed by atoms with van der Waals surface area (Å²) in [5.74, 6) is 0. The third kappa shape index (κ3) is 2.84. The van der Waals surface area contributed by atoms with Gasteiger partial charge in [-0.15, -0.1) is 0 Å². The molecule has 0 aliphatic rings. The normalized spacial score (nSPS) is 11.0. The second-order valence-electron chi connectivity index (χ2n) is 5.63. The van der Waals surface area contributed by atoms with Crippen LogP contribution in [0.4, 0.5) is 0 Å². The maximum atomic E-state index is 12.8. The molecule has 0 unspecified atom stereocenters. The van der Waals surface area contributed by atoms with Crippen molar-refractivity contribution in [3.63, 3.8) is 0 Å². The van der Waals surface area contributed by atoms with Gasteiger partial charge < -0.3 is 4.42 Å². The van der Waals surface area contributed by atoms with Crippen LogP contribution in [0.25, 0.3) is 33.2 Å². The number of fused-ring (bicyclic) bond motifs is 1. The summed E-state index contributed by atoms with van der Waals surface area (Å²) < 4.78 is 5.55. The van der Waals surface area contributed by atoms with E-state index in [1.165, 1.54) is 0 Å². The first-order valence-corrected chi connectivity index (χ1v) is 8.47. The fraction of sp³-hybridized carbons (Fsp3) is 0. The Bertz CT molecular complexity index is 1130. The second kappa shape index (κ2) is 6.40. The van der Waals surface area contributed by atoms with Gasteiger partial charge in [-0.3, -0.25) is 0 Å². The van der Waals surface area contributed by atoms with Crippen molar-refractivity contribution in [2.45, 2.75) is 0 Å². The Morgan fingerprint density at radius 2 is 1.48 bits per heavy atom. The Hall–Kier alpha value is -2.55. The minimum Gasteiger partial charge on any atom is -0.422 e. The van der Waals surface area contributed by atoms with E-state index in [0.717, 1.165) is 16.5 Å². The van der Waals surface area contributed by atoms with E-state index in [2.05, 4.69) is 0 Å². The first kappa shape index (κ1) is 15.9. The first-order valence-electron chi connectivity index (χ1n) is 7.72. The van der Waals surface area contributed by atoms with Gasteiger partial charge in [-0.05, 0) is 29.8 Å². The molecule has 0 aliphatic heterocycles. The van der Waals surface area contributed by atoms with Crippen molar-refractivity contribution in [1.82, 2.24) is 0 Å². The van der Waals surface area contributed by atoms with Crippen LogP contribution in [0.5, 0.6) is 0 Å². The van der Waals surface area contributed by atoms with Crippen LogP contribution in [0.15, 0.2) is 82.0 Å². The van der Waals surface area contributed by atoms with Gasteiger partial charge in [0.05, 0.1) is 5.56 Å². The highest BCUT2D eigenvalue weighted by Crippen LogP contribution is 2.38. The lowest BCUT2D eigenvalue weighted by Crippen LogP contribution is -2.06. The molecule has 0 amide bonds. The van der Waals surface area contributed by atoms with Crippen molar-refractivity contribution >= 4 is 34.2 Å². The van der Waals surface area contributed by atoms with Gasteiger partial charge in [0.25, 0.3) is 0 Å². The van der Waals surface area contributed by atoms with E-state index in [4.69, 9.17) is 27.6 Å². The summed E-state index contributed by atoms with van der Waals surface area (Å²) in [7, 11) is 0. The predicted molar refractivity (Wildman–Crippen MR) is 103 cm³/mol. The van der Waals surface area contributed by atoms with Crippen LogP contribution in [0, 0.1) is 0 Å². The van der Waals surface area contributed by atoms with Gasteiger partial charge in [0.2, 0.25) is 0 Å². The number of rotatable bonds is 2. The van der Waals surface area contributed by atoms with Crippen LogP contribution in [0.1, 0.15) is 0 Å². The summed E-state index contributed by atoms with van der Waals surface area (Å²) in [5, 5.41) is 1.84. The zero-order chi connectivity index (χ0) is 17.4. The fourth-order valence-electron chi connectivity index (χ4n) is 2.99. The number of halogens is 2. The summed E-state index contributed by atoms with van der Waals surface area (Å²) in [6.45, 7) is 0. The smallest absolute Gasteiger partial charge is 0.344 e. The highest BCUT2D eigenvalue weighted by atomic mass is 35.5. The van der Waals surface area contributed by atoms with Gasteiger partial charge in [0, 0.05) is 26.6 Å². The summed E-state index contributed by atoms with van der Waals surface area (Å²) in [4.78, 5) is 12.8. The lowest BCUT2D eigenvalue weighted by Gasteiger charge is -2.13. The molecule has 0 aliphatic carbocycles. The van der Waals surface area contributed by atoms with Gasteiger partial charge in [0.1, 0.15) is 5.58 Å². The van der Waals surface area contributed by atoms with Crippen LogP contribution in [0.3, 0.4) is 0 Å². The third-order valence-electron chi connectivity index (χ3n) is 4.07. The molecule has 0 bridgehead atoms. The Balaban J connectivity index is 2.21. The van der Waals surface area contributed by atoms with Crippen LogP contribution in [-0.4, -0.2) is 0 Å². The summed E-state index contributed by atoms with van der Waals surface area (Å²) >= 11 is 12.6. The Labute approximate surface area is 154 Å². The lowest BCUT2D eigenvalue weighted by molar-refractivity contribution is 0.564. The molecule has 3 aromatic carbocycles. The van der Waals surface area contributed by atoms with E-state index in [0.29, 0.717) is 26.8 Å². The van der Waals surface area contributed by atoms with E-state index in [1.807, 2.05) is 54.6 Å². The maximum Gasteiger partial charge on any atom is 0.344 e. The largest absolute Gasteiger partial charge is 0.422 e. The number of benzene rings is 3. The lowest BCUT2D eigenvalue weighted by atomic mass is 9.93. The molecule has 0 N–H and O–H groups in total. The molecule has 1 aromatic heterocycles. The molecule has 1 heterocycles. The quantitative estimate of drug-likeness (QED) is 0.382. The Morgan fingerprint density at radius 1 is 0.760 bits per heavy atom.